The highest BCUT2D eigenvalue weighted by Crippen LogP contribution is 2.24. The van der Waals surface area contributed by atoms with Crippen molar-refractivity contribution in [3.63, 3.8) is 0 Å². The third-order valence-corrected chi connectivity index (χ3v) is 5.36. The molecule has 0 aliphatic carbocycles. The van der Waals surface area contributed by atoms with E-state index in [1.807, 2.05) is 24.1 Å². The number of carboxylic acid groups (broad SMARTS) is 1. The molecule has 1 aromatic rings. The zero-order chi connectivity index (χ0) is 17.5. The van der Waals surface area contributed by atoms with Gasteiger partial charge in [0.05, 0.1) is 12.1 Å². The second-order valence-electron chi connectivity index (χ2n) is 6.12. The molecule has 1 N–H and O–H groups in total. The SMILES string of the molecule is CCO[C@@H](C)c1nc(CC(=O)N2CCCC[C@@H]2CCC(=O)O)cs1. The van der Waals surface area contributed by atoms with Crippen LogP contribution in [0.25, 0.3) is 0 Å². The van der Waals surface area contributed by atoms with Gasteiger partial charge in [0.15, 0.2) is 0 Å². The van der Waals surface area contributed by atoms with Crippen molar-refractivity contribution in [1.82, 2.24) is 9.88 Å². The van der Waals surface area contributed by atoms with Crippen LogP contribution in [-0.4, -0.2) is 46.1 Å². The van der Waals surface area contributed by atoms with Crippen molar-refractivity contribution in [3.05, 3.63) is 16.1 Å². The molecule has 0 aromatic carbocycles. The summed E-state index contributed by atoms with van der Waals surface area (Å²) < 4.78 is 5.53. The normalized spacial score (nSPS) is 19.2. The largest absolute Gasteiger partial charge is 0.481 e. The van der Waals surface area contributed by atoms with Crippen LogP contribution in [0.4, 0.5) is 0 Å². The Morgan fingerprint density at radius 1 is 1.50 bits per heavy atom. The first kappa shape index (κ1) is 18.9. The van der Waals surface area contributed by atoms with E-state index in [9.17, 15) is 9.59 Å². The summed E-state index contributed by atoms with van der Waals surface area (Å²) in [6, 6.07) is 0.0443. The molecule has 0 saturated carbocycles. The third-order valence-electron chi connectivity index (χ3n) is 4.31. The number of rotatable bonds is 8. The van der Waals surface area contributed by atoms with Gasteiger partial charge >= 0.3 is 5.97 Å². The molecule has 1 fully saturated rings. The van der Waals surface area contributed by atoms with Crippen molar-refractivity contribution in [2.24, 2.45) is 0 Å². The Kier molecular flexibility index (Phi) is 7.17. The minimum atomic E-state index is -0.804. The lowest BCUT2D eigenvalue weighted by molar-refractivity contribution is -0.139. The van der Waals surface area contributed by atoms with Crippen LogP contribution in [0.3, 0.4) is 0 Å². The zero-order valence-electron chi connectivity index (χ0n) is 14.4. The molecule has 7 heteroatoms. The Balaban J connectivity index is 1.95. The number of carbonyl (C=O) groups is 2. The smallest absolute Gasteiger partial charge is 0.303 e. The average molecular weight is 354 g/mol. The second-order valence-corrected chi connectivity index (χ2v) is 7.01. The number of thiazole rings is 1. The lowest BCUT2D eigenvalue weighted by Gasteiger charge is -2.35. The maximum atomic E-state index is 12.6. The van der Waals surface area contributed by atoms with Crippen LogP contribution in [0.2, 0.25) is 0 Å². The lowest BCUT2D eigenvalue weighted by atomic mass is 9.97. The summed E-state index contributed by atoms with van der Waals surface area (Å²) in [5.41, 5.74) is 0.772. The van der Waals surface area contributed by atoms with Gasteiger partial charge in [-0.3, -0.25) is 9.59 Å². The van der Waals surface area contributed by atoms with Crippen LogP contribution in [-0.2, 0) is 20.7 Å². The van der Waals surface area contributed by atoms with E-state index >= 15 is 0 Å². The first-order valence-corrected chi connectivity index (χ1v) is 9.46. The molecule has 24 heavy (non-hydrogen) atoms. The van der Waals surface area contributed by atoms with E-state index in [0.29, 0.717) is 13.0 Å². The van der Waals surface area contributed by atoms with Crippen molar-refractivity contribution in [2.45, 2.75) is 64.5 Å². The van der Waals surface area contributed by atoms with Gasteiger partial charge in [-0.25, -0.2) is 4.98 Å². The summed E-state index contributed by atoms with van der Waals surface area (Å²) in [4.78, 5) is 29.8. The summed E-state index contributed by atoms with van der Waals surface area (Å²) in [7, 11) is 0. The van der Waals surface area contributed by atoms with Gasteiger partial charge in [0.25, 0.3) is 0 Å². The van der Waals surface area contributed by atoms with Crippen LogP contribution in [0.1, 0.15) is 62.8 Å². The number of aliphatic carboxylic acids is 1. The van der Waals surface area contributed by atoms with E-state index < -0.39 is 5.97 Å². The number of carbonyl (C=O) groups excluding carboxylic acids is 1. The summed E-state index contributed by atoms with van der Waals surface area (Å²) >= 11 is 1.52. The quantitative estimate of drug-likeness (QED) is 0.776. The Labute approximate surface area is 146 Å². The van der Waals surface area contributed by atoms with Gasteiger partial charge in [0.2, 0.25) is 5.91 Å². The molecule has 1 aliphatic heterocycles. The molecule has 2 heterocycles. The fourth-order valence-corrected chi connectivity index (χ4v) is 3.91. The summed E-state index contributed by atoms with van der Waals surface area (Å²) in [6.07, 6.45) is 3.80. The number of carboxylic acids is 1. The molecule has 0 radical (unpaired) electrons. The molecule has 2 atom stereocenters. The predicted octanol–water partition coefficient (Wildman–Crippen LogP) is 3.03. The topological polar surface area (TPSA) is 79.7 Å². The monoisotopic (exact) mass is 354 g/mol. The van der Waals surface area contributed by atoms with E-state index in [1.54, 1.807) is 0 Å². The Morgan fingerprint density at radius 3 is 3.00 bits per heavy atom. The number of nitrogens with zero attached hydrogens (tertiary/aromatic N) is 2. The van der Waals surface area contributed by atoms with E-state index in [2.05, 4.69) is 4.98 Å². The van der Waals surface area contributed by atoms with Crippen molar-refractivity contribution < 1.29 is 19.4 Å². The second kappa shape index (κ2) is 9.13. The van der Waals surface area contributed by atoms with Gasteiger partial charge in [-0.05, 0) is 39.5 Å². The van der Waals surface area contributed by atoms with Crippen molar-refractivity contribution in [3.8, 4) is 0 Å². The summed E-state index contributed by atoms with van der Waals surface area (Å²) in [5.74, 6) is -0.756. The maximum Gasteiger partial charge on any atom is 0.303 e. The fraction of sp³-hybridized carbons (Fsp3) is 0.706. The Bertz CT molecular complexity index is 561. The average Bonchev–Trinajstić information content (AvgIpc) is 3.02. The maximum absolute atomic E-state index is 12.6. The Morgan fingerprint density at radius 2 is 2.29 bits per heavy atom. The highest BCUT2D eigenvalue weighted by Gasteiger charge is 2.27. The Hall–Kier alpha value is -1.47. The number of hydrogen-bond donors (Lipinski definition) is 1. The first-order valence-electron chi connectivity index (χ1n) is 8.58. The number of likely N-dealkylation sites (tertiary alicyclic amines) is 1. The highest BCUT2D eigenvalue weighted by molar-refractivity contribution is 7.09. The number of hydrogen-bond acceptors (Lipinski definition) is 5. The van der Waals surface area contributed by atoms with Crippen LogP contribution in [0, 0.1) is 0 Å². The molecule has 134 valence electrons. The van der Waals surface area contributed by atoms with E-state index in [0.717, 1.165) is 36.5 Å². The van der Waals surface area contributed by atoms with Gasteiger partial charge < -0.3 is 14.7 Å². The van der Waals surface area contributed by atoms with E-state index in [-0.39, 0.29) is 30.9 Å². The minimum Gasteiger partial charge on any atom is -0.481 e. The highest BCUT2D eigenvalue weighted by atomic mass is 32.1. The molecular weight excluding hydrogens is 328 g/mol. The summed E-state index contributed by atoms with van der Waals surface area (Å²) in [5, 5.41) is 11.7. The molecule has 0 spiro atoms. The van der Waals surface area contributed by atoms with Gasteiger partial charge in [-0.15, -0.1) is 11.3 Å². The van der Waals surface area contributed by atoms with E-state index in [1.165, 1.54) is 11.3 Å². The number of piperidine rings is 1. The number of ether oxygens (including phenoxy) is 1. The zero-order valence-corrected chi connectivity index (χ0v) is 15.2. The van der Waals surface area contributed by atoms with Crippen LogP contribution in [0.15, 0.2) is 5.38 Å². The van der Waals surface area contributed by atoms with Gasteiger partial charge in [-0.1, -0.05) is 0 Å². The predicted molar refractivity (Wildman–Crippen MR) is 92.1 cm³/mol. The number of aromatic nitrogens is 1. The van der Waals surface area contributed by atoms with Gasteiger partial charge in [-0.2, -0.15) is 0 Å². The van der Waals surface area contributed by atoms with Crippen molar-refractivity contribution in [1.29, 1.82) is 0 Å². The molecular formula is C17H26N2O4S. The fourth-order valence-electron chi connectivity index (χ4n) is 3.09. The molecule has 6 nitrogen and oxygen atoms in total. The molecule has 1 saturated heterocycles. The van der Waals surface area contributed by atoms with Crippen LogP contribution in [0.5, 0.6) is 0 Å². The minimum absolute atomic E-state index is 0.0443. The molecule has 0 unspecified atom stereocenters. The third kappa shape index (κ3) is 5.27. The van der Waals surface area contributed by atoms with E-state index in [4.69, 9.17) is 9.84 Å². The van der Waals surface area contributed by atoms with Crippen LogP contribution < -0.4 is 0 Å². The number of amides is 1. The van der Waals surface area contributed by atoms with Gasteiger partial charge in [0.1, 0.15) is 11.1 Å². The van der Waals surface area contributed by atoms with Crippen molar-refractivity contribution >= 4 is 23.2 Å². The first-order chi connectivity index (χ1) is 11.5. The standard InChI is InChI=1S/C17H26N2O4S/c1-3-23-12(2)17-18-13(11-24-17)10-15(20)19-9-5-4-6-14(19)7-8-16(21)22/h11-12,14H,3-10H2,1-2H3,(H,21,22)/t12-,14+/m0/s1. The lowest BCUT2D eigenvalue weighted by Crippen LogP contribution is -2.44. The molecule has 0 bridgehead atoms. The van der Waals surface area contributed by atoms with Crippen molar-refractivity contribution in [2.75, 3.05) is 13.2 Å². The molecule has 1 aromatic heterocycles. The molecule has 2 rings (SSSR count). The van der Waals surface area contributed by atoms with Gasteiger partial charge in [0, 0.05) is 31.0 Å². The summed E-state index contributed by atoms with van der Waals surface area (Å²) in [6.45, 7) is 5.26. The van der Waals surface area contributed by atoms with Crippen LogP contribution >= 0.6 is 11.3 Å². The molecule has 1 aliphatic rings. The molecule has 1 amide bonds.